The minimum Gasteiger partial charge on any atom is -0.494 e. The van der Waals surface area contributed by atoms with Crippen LogP contribution in [0.25, 0.3) is 5.69 Å². The number of methoxy groups -OCH3 is 1. The zero-order valence-corrected chi connectivity index (χ0v) is 17.9. The molecule has 0 saturated heterocycles. The first-order chi connectivity index (χ1) is 14.0. The number of nitrogens with zero attached hydrogens (tertiary/aromatic N) is 4. The summed E-state index contributed by atoms with van der Waals surface area (Å²) in [5.74, 6) is 1.14. The number of rotatable bonds is 8. The van der Waals surface area contributed by atoms with E-state index in [1.54, 1.807) is 11.8 Å². The lowest BCUT2D eigenvalue weighted by molar-refractivity contribution is -0.113. The highest BCUT2D eigenvalue weighted by molar-refractivity contribution is 7.99. The van der Waals surface area contributed by atoms with Crippen LogP contribution in [0.4, 0.5) is 5.69 Å². The SMILES string of the molecule is CC[C@@H](C)c1ccccc1NC(=O)CSc1nnnn1-c1cc(C)ccc1OC. The van der Waals surface area contributed by atoms with Crippen molar-refractivity contribution in [1.29, 1.82) is 0 Å². The van der Waals surface area contributed by atoms with Crippen LogP contribution in [-0.4, -0.2) is 39.0 Å². The third kappa shape index (κ3) is 4.95. The van der Waals surface area contributed by atoms with Crippen LogP contribution >= 0.6 is 11.8 Å². The monoisotopic (exact) mass is 411 g/mol. The van der Waals surface area contributed by atoms with Gasteiger partial charge < -0.3 is 10.1 Å². The lowest BCUT2D eigenvalue weighted by atomic mass is 9.97. The van der Waals surface area contributed by atoms with Gasteiger partial charge in [0, 0.05) is 5.69 Å². The zero-order chi connectivity index (χ0) is 20.8. The fourth-order valence-corrected chi connectivity index (χ4v) is 3.65. The van der Waals surface area contributed by atoms with Crippen molar-refractivity contribution in [3.05, 3.63) is 53.6 Å². The Kier molecular flexibility index (Phi) is 6.87. The van der Waals surface area contributed by atoms with E-state index >= 15 is 0 Å². The maximum Gasteiger partial charge on any atom is 0.234 e. The molecule has 1 aromatic heterocycles. The van der Waals surface area contributed by atoms with Crippen molar-refractivity contribution in [2.75, 3.05) is 18.2 Å². The molecule has 3 aromatic rings. The van der Waals surface area contributed by atoms with E-state index in [9.17, 15) is 4.79 Å². The van der Waals surface area contributed by atoms with Gasteiger partial charge in [0.25, 0.3) is 0 Å². The summed E-state index contributed by atoms with van der Waals surface area (Å²) in [6, 6.07) is 13.7. The smallest absolute Gasteiger partial charge is 0.234 e. The highest BCUT2D eigenvalue weighted by Gasteiger charge is 2.16. The summed E-state index contributed by atoms with van der Waals surface area (Å²) in [5, 5.41) is 15.4. The number of aryl methyl sites for hydroxylation is 1. The molecular formula is C21H25N5O2S. The molecule has 2 aromatic carbocycles. The van der Waals surface area contributed by atoms with Gasteiger partial charge in [-0.2, -0.15) is 4.68 Å². The average molecular weight is 412 g/mol. The van der Waals surface area contributed by atoms with E-state index in [0.717, 1.165) is 28.9 Å². The molecule has 0 unspecified atom stereocenters. The Morgan fingerprint density at radius 1 is 1.28 bits per heavy atom. The second-order valence-corrected chi connectivity index (χ2v) is 7.72. The Morgan fingerprint density at radius 3 is 2.83 bits per heavy atom. The van der Waals surface area contributed by atoms with Crippen molar-refractivity contribution in [3.63, 3.8) is 0 Å². The van der Waals surface area contributed by atoms with Gasteiger partial charge in [0.2, 0.25) is 11.1 Å². The van der Waals surface area contributed by atoms with Crippen molar-refractivity contribution < 1.29 is 9.53 Å². The number of ether oxygens (including phenoxy) is 1. The first kappa shape index (κ1) is 20.9. The molecule has 29 heavy (non-hydrogen) atoms. The topological polar surface area (TPSA) is 81.9 Å². The number of hydrogen-bond acceptors (Lipinski definition) is 6. The van der Waals surface area contributed by atoms with E-state index < -0.39 is 0 Å². The van der Waals surface area contributed by atoms with Gasteiger partial charge in [0.05, 0.1) is 12.9 Å². The molecule has 1 N–H and O–H groups in total. The molecule has 152 valence electrons. The van der Waals surface area contributed by atoms with Crippen LogP contribution < -0.4 is 10.1 Å². The largest absolute Gasteiger partial charge is 0.494 e. The van der Waals surface area contributed by atoms with Crippen LogP contribution in [0.1, 0.15) is 37.3 Å². The summed E-state index contributed by atoms with van der Waals surface area (Å²) < 4.78 is 7.02. The van der Waals surface area contributed by atoms with Gasteiger partial charge >= 0.3 is 0 Å². The number of carbonyl (C=O) groups excluding carboxylic acids is 1. The Morgan fingerprint density at radius 2 is 2.07 bits per heavy atom. The summed E-state index contributed by atoms with van der Waals surface area (Å²) in [7, 11) is 1.60. The molecular weight excluding hydrogens is 386 g/mol. The summed E-state index contributed by atoms with van der Waals surface area (Å²) in [4.78, 5) is 12.6. The molecule has 7 nitrogen and oxygen atoms in total. The molecule has 0 spiro atoms. The molecule has 1 atom stereocenters. The minimum atomic E-state index is -0.100. The molecule has 0 aliphatic heterocycles. The maximum absolute atomic E-state index is 12.6. The van der Waals surface area contributed by atoms with Gasteiger partial charge in [-0.3, -0.25) is 4.79 Å². The van der Waals surface area contributed by atoms with Crippen LogP contribution in [0.15, 0.2) is 47.6 Å². The summed E-state index contributed by atoms with van der Waals surface area (Å²) in [6.07, 6.45) is 1.01. The van der Waals surface area contributed by atoms with Gasteiger partial charge in [0.15, 0.2) is 0 Å². The van der Waals surface area contributed by atoms with Gasteiger partial charge in [-0.25, -0.2) is 0 Å². The second kappa shape index (κ2) is 9.56. The van der Waals surface area contributed by atoms with E-state index in [2.05, 4.69) is 40.8 Å². The van der Waals surface area contributed by atoms with Crippen LogP contribution in [-0.2, 0) is 4.79 Å². The first-order valence-electron chi connectivity index (χ1n) is 9.48. The molecule has 1 amide bonds. The van der Waals surface area contributed by atoms with E-state index in [4.69, 9.17) is 4.74 Å². The fraction of sp³-hybridized carbons (Fsp3) is 0.333. The Bertz CT molecular complexity index is 989. The number of nitrogens with one attached hydrogen (secondary N) is 1. The summed E-state index contributed by atoms with van der Waals surface area (Å²) in [6.45, 7) is 6.28. The number of amides is 1. The third-order valence-corrected chi connectivity index (χ3v) is 5.63. The minimum absolute atomic E-state index is 0.100. The van der Waals surface area contributed by atoms with Crippen molar-refractivity contribution in [2.24, 2.45) is 0 Å². The number of para-hydroxylation sites is 1. The lowest BCUT2D eigenvalue weighted by Gasteiger charge is -2.15. The van der Waals surface area contributed by atoms with Crippen molar-refractivity contribution >= 4 is 23.4 Å². The van der Waals surface area contributed by atoms with Gasteiger partial charge in [0.1, 0.15) is 11.4 Å². The summed E-state index contributed by atoms with van der Waals surface area (Å²) >= 11 is 1.28. The predicted octanol–water partition coefficient (Wildman–Crippen LogP) is 4.22. The molecule has 3 rings (SSSR count). The zero-order valence-electron chi connectivity index (χ0n) is 17.0. The Labute approximate surface area is 174 Å². The van der Waals surface area contributed by atoms with E-state index in [0.29, 0.717) is 16.8 Å². The lowest BCUT2D eigenvalue weighted by Crippen LogP contribution is -2.16. The molecule has 0 bridgehead atoms. The number of aromatic nitrogens is 4. The third-order valence-electron chi connectivity index (χ3n) is 4.71. The number of hydrogen-bond donors (Lipinski definition) is 1. The number of anilines is 1. The normalized spacial score (nSPS) is 11.9. The molecule has 0 fully saturated rings. The highest BCUT2D eigenvalue weighted by Crippen LogP contribution is 2.28. The predicted molar refractivity (Wildman–Crippen MR) is 115 cm³/mol. The highest BCUT2D eigenvalue weighted by atomic mass is 32.2. The molecule has 8 heteroatoms. The quantitative estimate of drug-likeness (QED) is 0.559. The van der Waals surface area contributed by atoms with Crippen LogP contribution in [0, 0.1) is 6.92 Å². The van der Waals surface area contributed by atoms with Gasteiger partial charge in [-0.1, -0.05) is 49.9 Å². The standard InChI is InChI=1S/C21H25N5O2S/c1-5-15(3)16-8-6-7-9-17(16)22-20(27)13-29-21-23-24-25-26(21)18-12-14(2)10-11-19(18)28-4/h6-12,15H,5,13H2,1-4H3,(H,22,27)/t15-/m1/s1. The number of benzene rings is 2. The average Bonchev–Trinajstić information content (AvgIpc) is 3.20. The number of thioether (sulfide) groups is 1. The van der Waals surface area contributed by atoms with Crippen LogP contribution in [0.2, 0.25) is 0 Å². The van der Waals surface area contributed by atoms with E-state index in [1.807, 2.05) is 43.3 Å². The maximum atomic E-state index is 12.6. The van der Waals surface area contributed by atoms with Crippen molar-refractivity contribution in [2.45, 2.75) is 38.3 Å². The van der Waals surface area contributed by atoms with Gasteiger partial charge in [-0.05, 0) is 59.0 Å². The molecule has 0 aliphatic rings. The molecule has 0 saturated carbocycles. The Hall–Kier alpha value is -2.87. The first-order valence-corrected chi connectivity index (χ1v) is 10.5. The molecule has 0 aliphatic carbocycles. The summed E-state index contributed by atoms with van der Waals surface area (Å²) in [5.41, 5.74) is 3.80. The molecule has 1 heterocycles. The second-order valence-electron chi connectivity index (χ2n) is 6.78. The van der Waals surface area contributed by atoms with E-state index in [1.165, 1.54) is 11.8 Å². The van der Waals surface area contributed by atoms with E-state index in [-0.39, 0.29) is 11.7 Å². The number of carbonyl (C=O) groups is 1. The number of tetrazole rings is 1. The van der Waals surface area contributed by atoms with Crippen molar-refractivity contribution in [1.82, 2.24) is 20.2 Å². The van der Waals surface area contributed by atoms with Crippen LogP contribution in [0.3, 0.4) is 0 Å². The van der Waals surface area contributed by atoms with Crippen molar-refractivity contribution in [3.8, 4) is 11.4 Å². The Balaban J connectivity index is 1.72. The van der Waals surface area contributed by atoms with Crippen LogP contribution in [0.5, 0.6) is 5.75 Å². The molecule has 0 radical (unpaired) electrons. The fourth-order valence-electron chi connectivity index (χ4n) is 2.96. The van der Waals surface area contributed by atoms with Gasteiger partial charge in [-0.15, -0.1) is 5.10 Å².